The van der Waals surface area contributed by atoms with Gasteiger partial charge in [0, 0.05) is 70.9 Å². The number of nitrogens with one attached hydrogen (secondary N) is 2. The van der Waals surface area contributed by atoms with Crippen LogP contribution in [0.25, 0.3) is 0 Å². The number of hydrogen-bond acceptors (Lipinski definition) is 10. The van der Waals surface area contributed by atoms with Crippen LogP contribution < -0.4 is 16.2 Å². The van der Waals surface area contributed by atoms with Crippen molar-refractivity contribution in [2.24, 2.45) is 7.05 Å². The number of anilines is 1. The van der Waals surface area contributed by atoms with Crippen LogP contribution in [0.2, 0.25) is 0 Å². The molecule has 3 fully saturated rings. The Bertz CT molecular complexity index is 1970. The van der Waals surface area contributed by atoms with E-state index in [-0.39, 0.29) is 41.8 Å². The number of piperazine rings is 1. The number of likely N-dealkylation sites (tertiary alicyclic amines) is 1. The number of rotatable bonds is 7. The van der Waals surface area contributed by atoms with E-state index in [1.165, 1.54) is 4.68 Å². The Morgan fingerprint density at radius 1 is 0.961 bits per heavy atom. The summed E-state index contributed by atoms with van der Waals surface area (Å²) in [4.78, 5) is 84.0. The summed E-state index contributed by atoms with van der Waals surface area (Å²) in [5, 5.41) is 9.86. The normalized spacial score (nSPS) is 23.0. The average Bonchev–Trinajstić information content (AvgIpc) is 3.38. The second-order valence-electron chi connectivity index (χ2n) is 13.8. The molecule has 4 aliphatic heterocycles. The van der Waals surface area contributed by atoms with Crippen LogP contribution in [0.15, 0.2) is 57.9 Å². The second kappa shape index (κ2) is 14.1. The fourth-order valence-electron chi connectivity index (χ4n) is 7.64. The number of likely N-dealkylation sites (N-methyl/N-ethyl adjacent to an activating group) is 1. The SMILES string of the molecule is CN1C[C@H](Nc2cnn(C)c(=O)c2Br)C[C@H](c2ccc(C(=O)N3CCN(Cc4cccc5c4C(=O)N(C4CCC(=O)NC4=O)C5=O)CC3)cc2)C1. The number of halogens is 1. The van der Waals surface area contributed by atoms with Gasteiger partial charge >= 0.3 is 0 Å². The molecule has 0 aliphatic carbocycles. The predicted molar refractivity (Wildman–Crippen MR) is 190 cm³/mol. The van der Waals surface area contributed by atoms with Crippen LogP contribution >= 0.6 is 15.9 Å². The first-order valence-electron chi connectivity index (χ1n) is 17.1. The highest BCUT2D eigenvalue weighted by atomic mass is 79.9. The standard InChI is InChI=1S/C36H39BrN8O6/c1-41-18-24(16-25(20-41)39-27-17-38-42(2)36(51)31(27)37)21-6-8-22(9-7-21)33(48)44-14-12-43(13-15-44)19-23-4-3-5-26-30(23)35(50)45(34(26)49)28-10-11-29(46)40-32(28)47/h3-9,17,24-25,28,39H,10-16,18-20H2,1-2H3,(H,40,46,47)/t24-,25+,28?/m0/s1. The molecule has 1 unspecified atom stereocenters. The molecule has 15 heteroatoms. The topological polar surface area (TPSA) is 157 Å². The summed E-state index contributed by atoms with van der Waals surface area (Å²) in [5.41, 5.74) is 3.50. The Labute approximate surface area is 302 Å². The minimum atomic E-state index is -1.01. The number of piperidine rings is 2. The summed E-state index contributed by atoms with van der Waals surface area (Å²) >= 11 is 3.41. The van der Waals surface area contributed by atoms with E-state index in [4.69, 9.17) is 0 Å². The Kier molecular flexibility index (Phi) is 9.61. The number of fused-ring (bicyclic) bond motifs is 1. The number of aromatic nitrogens is 2. The summed E-state index contributed by atoms with van der Waals surface area (Å²) in [6.07, 6.45) is 2.69. The molecule has 5 heterocycles. The number of aryl methyl sites for hydroxylation is 1. The van der Waals surface area contributed by atoms with Gasteiger partial charge in [0.1, 0.15) is 10.5 Å². The molecule has 0 spiro atoms. The van der Waals surface area contributed by atoms with Crippen molar-refractivity contribution in [3.05, 3.63) is 91.3 Å². The zero-order valence-electron chi connectivity index (χ0n) is 28.4. The molecule has 3 atom stereocenters. The second-order valence-corrected chi connectivity index (χ2v) is 14.6. The van der Waals surface area contributed by atoms with Gasteiger partial charge in [-0.25, -0.2) is 4.68 Å². The monoisotopic (exact) mass is 758 g/mol. The van der Waals surface area contributed by atoms with Gasteiger partial charge in [-0.2, -0.15) is 5.10 Å². The van der Waals surface area contributed by atoms with Crippen LogP contribution in [0.3, 0.4) is 0 Å². The Morgan fingerprint density at radius 2 is 1.71 bits per heavy atom. The number of carbonyl (C=O) groups is 5. The summed E-state index contributed by atoms with van der Waals surface area (Å²) in [6, 6.07) is 12.1. The molecule has 3 saturated heterocycles. The molecule has 5 amide bonds. The lowest BCUT2D eigenvalue weighted by Crippen LogP contribution is -2.54. The number of hydrogen-bond donors (Lipinski definition) is 2. The Morgan fingerprint density at radius 3 is 2.43 bits per heavy atom. The quantitative estimate of drug-likeness (QED) is 0.341. The van der Waals surface area contributed by atoms with Gasteiger partial charge in [0.15, 0.2) is 0 Å². The van der Waals surface area contributed by atoms with E-state index in [0.29, 0.717) is 59.6 Å². The van der Waals surface area contributed by atoms with E-state index in [1.54, 1.807) is 25.4 Å². The van der Waals surface area contributed by atoms with Crippen molar-refractivity contribution in [1.29, 1.82) is 0 Å². The first-order valence-corrected chi connectivity index (χ1v) is 17.9. The van der Waals surface area contributed by atoms with E-state index >= 15 is 0 Å². The lowest BCUT2D eigenvalue weighted by Gasteiger charge is -2.37. The van der Waals surface area contributed by atoms with Crippen molar-refractivity contribution in [3.8, 4) is 0 Å². The molecule has 2 N–H and O–H groups in total. The van der Waals surface area contributed by atoms with Gasteiger partial charge in [0.05, 0.1) is 23.0 Å². The molecule has 1 aromatic heterocycles. The van der Waals surface area contributed by atoms with Gasteiger partial charge in [-0.05, 0) is 71.1 Å². The van der Waals surface area contributed by atoms with Crippen LogP contribution in [0, 0.1) is 0 Å². The maximum Gasteiger partial charge on any atom is 0.282 e. The van der Waals surface area contributed by atoms with Crippen molar-refractivity contribution >= 4 is 51.2 Å². The van der Waals surface area contributed by atoms with Gasteiger partial charge in [0.2, 0.25) is 11.8 Å². The lowest BCUT2D eigenvalue weighted by atomic mass is 9.87. The number of nitrogens with zero attached hydrogens (tertiary/aromatic N) is 6. The molecule has 51 heavy (non-hydrogen) atoms. The lowest BCUT2D eigenvalue weighted by molar-refractivity contribution is -0.136. The van der Waals surface area contributed by atoms with Gasteiger partial charge in [-0.1, -0.05) is 24.3 Å². The summed E-state index contributed by atoms with van der Waals surface area (Å²) in [6.45, 7) is 4.33. The number of imide groups is 2. The molecular formula is C36H39BrN8O6. The minimum Gasteiger partial charge on any atom is -0.379 e. The number of benzene rings is 2. The third kappa shape index (κ3) is 6.85. The predicted octanol–water partition coefficient (Wildman–Crippen LogP) is 1.80. The van der Waals surface area contributed by atoms with E-state index in [2.05, 4.69) is 48.5 Å². The maximum atomic E-state index is 13.5. The average molecular weight is 760 g/mol. The molecule has 7 rings (SSSR count). The summed E-state index contributed by atoms with van der Waals surface area (Å²) in [5.74, 6) is -1.88. The van der Waals surface area contributed by atoms with Gasteiger partial charge in [0.25, 0.3) is 23.3 Å². The maximum absolute atomic E-state index is 13.5. The molecule has 0 saturated carbocycles. The van der Waals surface area contributed by atoms with Crippen molar-refractivity contribution in [2.75, 3.05) is 51.6 Å². The fourth-order valence-corrected chi connectivity index (χ4v) is 8.12. The Balaban J connectivity index is 0.952. The van der Waals surface area contributed by atoms with Crippen molar-refractivity contribution in [2.45, 2.75) is 43.8 Å². The van der Waals surface area contributed by atoms with E-state index in [9.17, 15) is 28.8 Å². The molecule has 4 aliphatic rings. The highest BCUT2D eigenvalue weighted by molar-refractivity contribution is 9.10. The minimum absolute atomic E-state index is 0.0363. The zero-order chi connectivity index (χ0) is 36.0. The molecule has 0 bridgehead atoms. The van der Waals surface area contributed by atoms with Gasteiger partial charge in [-0.3, -0.25) is 43.9 Å². The van der Waals surface area contributed by atoms with Crippen LogP contribution in [0.1, 0.15) is 67.4 Å². The highest BCUT2D eigenvalue weighted by Crippen LogP contribution is 2.32. The first kappa shape index (κ1) is 34.7. The zero-order valence-corrected chi connectivity index (χ0v) is 30.0. The number of amides is 5. The third-order valence-corrected chi connectivity index (χ3v) is 11.1. The third-order valence-electron chi connectivity index (χ3n) is 10.3. The van der Waals surface area contributed by atoms with E-state index in [0.717, 1.165) is 30.0 Å². The Hall–Kier alpha value is -4.73. The highest BCUT2D eigenvalue weighted by Gasteiger charge is 2.45. The van der Waals surface area contributed by atoms with Crippen LogP contribution in [-0.2, 0) is 23.2 Å². The first-order chi connectivity index (χ1) is 24.5. The molecule has 3 aromatic rings. The number of carbonyl (C=O) groups excluding carboxylic acids is 5. The molecule has 2 aromatic carbocycles. The molecule has 0 radical (unpaired) electrons. The van der Waals surface area contributed by atoms with E-state index in [1.807, 2.05) is 35.2 Å². The van der Waals surface area contributed by atoms with Crippen molar-refractivity contribution < 1.29 is 24.0 Å². The van der Waals surface area contributed by atoms with Crippen LogP contribution in [0.4, 0.5) is 5.69 Å². The molecular weight excluding hydrogens is 720 g/mol. The van der Waals surface area contributed by atoms with Crippen LogP contribution in [-0.4, -0.2) is 117 Å². The largest absolute Gasteiger partial charge is 0.379 e. The summed E-state index contributed by atoms with van der Waals surface area (Å²) in [7, 11) is 3.69. The van der Waals surface area contributed by atoms with Gasteiger partial charge in [-0.15, -0.1) is 0 Å². The van der Waals surface area contributed by atoms with Crippen molar-refractivity contribution in [3.63, 3.8) is 0 Å². The van der Waals surface area contributed by atoms with Gasteiger partial charge < -0.3 is 15.1 Å². The molecule has 14 nitrogen and oxygen atoms in total. The molecule has 266 valence electrons. The van der Waals surface area contributed by atoms with E-state index < -0.39 is 29.7 Å². The van der Waals surface area contributed by atoms with Crippen molar-refractivity contribution in [1.82, 2.24) is 34.7 Å². The smallest absolute Gasteiger partial charge is 0.282 e. The summed E-state index contributed by atoms with van der Waals surface area (Å²) < 4.78 is 1.75. The fraction of sp³-hybridized carbons (Fsp3) is 0.417. The van der Waals surface area contributed by atoms with Crippen LogP contribution in [0.5, 0.6) is 0 Å².